The van der Waals surface area contributed by atoms with Crippen LogP contribution < -0.4 is 9.47 Å². The van der Waals surface area contributed by atoms with Crippen molar-refractivity contribution in [1.29, 1.82) is 0 Å². The summed E-state index contributed by atoms with van der Waals surface area (Å²) in [7, 11) is -1.54. The molecule has 1 aliphatic heterocycles. The summed E-state index contributed by atoms with van der Waals surface area (Å²) in [6, 6.07) is 6.51. The number of halogens is 1. The zero-order valence-corrected chi connectivity index (χ0v) is 12.5. The number of carbonyl (C=O) groups is 1. The molecule has 0 amide bonds. The number of benzene rings is 1. The minimum absolute atomic E-state index is 0.139. The molecule has 1 atom stereocenters. The second-order valence-corrected chi connectivity index (χ2v) is 6.25. The van der Waals surface area contributed by atoms with Crippen LogP contribution >= 0.6 is 11.6 Å². The lowest BCUT2D eigenvalue weighted by Gasteiger charge is -2.19. The van der Waals surface area contributed by atoms with Gasteiger partial charge in [0.2, 0.25) is 0 Å². The van der Waals surface area contributed by atoms with Crippen molar-refractivity contribution in [3.63, 3.8) is 0 Å². The maximum atomic E-state index is 12.4. The molecule has 0 spiro atoms. The van der Waals surface area contributed by atoms with Crippen LogP contribution in [0.1, 0.15) is 10.5 Å². The number of hydrogen-bond donors (Lipinski definition) is 1. The van der Waals surface area contributed by atoms with Crippen LogP contribution in [-0.2, 0) is 10.8 Å². The smallest absolute Gasteiger partial charge is 0.191 e. The van der Waals surface area contributed by atoms with E-state index in [1.165, 1.54) is 0 Å². The fraction of sp³-hybridized carbons (Fsp3) is 0.214. The number of fused-ring (bicyclic) bond motifs is 1. The Kier molecular flexibility index (Phi) is 3.98. The van der Waals surface area contributed by atoms with Crippen molar-refractivity contribution in [2.24, 2.45) is 0 Å². The van der Waals surface area contributed by atoms with Gasteiger partial charge in [-0.05, 0) is 12.1 Å². The number of ether oxygens (including phenoxy) is 2. The lowest BCUT2D eigenvalue weighted by Crippen LogP contribution is -2.16. The Labute approximate surface area is 128 Å². The SMILES string of the molecule is O=C(C[S@](=O)c1cc2c(cc1Cl)OCCO2)c1ccc[nH]1. The second kappa shape index (κ2) is 5.91. The molecule has 1 aromatic heterocycles. The van der Waals surface area contributed by atoms with Gasteiger partial charge >= 0.3 is 0 Å². The summed E-state index contributed by atoms with van der Waals surface area (Å²) in [5.74, 6) is 0.660. The topological polar surface area (TPSA) is 68.4 Å². The first-order valence-corrected chi connectivity index (χ1v) is 7.99. The number of aromatic nitrogens is 1. The highest BCUT2D eigenvalue weighted by Crippen LogP contribution is 2.36. The van der Waals surface area contributed by atoms with E-state index in [4.69, 9.17) is 21.1 Å². The van der Waals surface area contributed by atoms with E-state index in [2.05, 4.69) is 4.98 Å². The summed E-state index contributed by atoms with van der Waals surface area (Å²) in [4.78, 5) is 15.1. The fourth-order valence-corrected chi connectivity index (χ4v) is 3.47. The van der Waals surface area contributed by atoms with E-state index < -0.39 is 10.8 Å². The first-order valence-electron chi connectivity index (χ1n) is 6.29. The summed E-state index contributed by atoms with van der Waals surface area (Å²) in [5, 5.41) is 0.303. The van der Waals surface area contributed by atoms with Crippen molar-refractivity contribution < 1.29 is 18.5 Å². The highest BCUT2D eigenvalue weighted by atomic mass is 35.5. The van der Waals surface area contributed by atoms with Gasteiger partial charge in [-0.1, -0.05) is 11.6 Å². The Morgan fingerprint density at radius 1 is 1.29 bits per heavy atom. The third kappa shape index (κ3) is 2.96. The molecule has 0 saturated carbocycles. The minimum Gasteiger partial charge on any atom is -0.486 e. The van der Waals surface area contributed by atoms with E-state index in [-0.39, 0.29) is 11.5 Å². The molecule has 0 radical (unpaired) electrons. The molecule has 0 saturated heterocycles. The van der Waals surface area contributed by atoms with Crippen LogP contribution in [0.2, 0.25) is 5.02 Å². The van der Waals surface area contributed by atoms with E-state index in [1.807, 2.05) is 0 Å². The summed E-state index contributed by atoms with van der Waals surface area (Å²) in [6.07, 6.45) is 1.65. The zero-order valence-electron chi connectivity index (χ0n) is 10.9. The molecule has 110 valence electrons. The zero-order chi connectivity index (χ0) is 14.8. The van der Waals surface area contributed by atoms with Crippen molar-refractivity contribution in [2.45, 2.75) is 4.90 Å². The third-order valence-corrected chi connectivity index (χ3v) is 4.78. The molecule has 1 aromatic carbocycles. The van der Waals surface area contributed by atoms with Gasteiger partial charge in [-0.15, -0.1) is 0 Å². The van der Waals surface area contributed by atoms with Gasteiger partial charge in [-0.25, -0.2) is 0 Å². The van der Waals surface area contributed by atoms with E-state index in [9.17, 15) is 9.00 Å². The number of nitrogens with one attached hydrogen (secondary N) is 1. The van der Waals surface area contributed by atoms with E-state index >= 15 is 0 Å². The average molecular weight is 326 g/mol. The molecule has 0 fully saturated rings. The second-order valence-electron chi connectivity index (χ2n) is 4.42. The predicted octanol–water partition coefficient (Wildman–Crippen LogP) is 2.43. The van der Waals surface area contributed by atoms with Gasteiger partial charge in [0.15, 0.2) is 17.3 Å². The van der Waals surface area contributed by atoms with Crippen LogP contribution in [0.5, 0.6) is 11.5 Å². The van der Waals surface area contributed by atoms with Crippen LogP contribution in [0.15, 0.2) is 35.4 Å². The van der Waals surface area contributed by atoms with Crippen LogP contribution in [0.3, 0.4) is 0 Å². The molecule has 0 bridgehead atoms. The molecular formula is C14H12ClNO4S. The maximum absolute atomic E-state index is 12.4. The number of aromatic amines is 1. The van der Waals surface area contributed by atoms with Gasteiger partial charge in [0.05, 0.1) is 32.2 Å². The van der Waals surface area contributed by atoms with Crippen molar-refractivity contribution in [2.75, 3.05) is 19.0 Å². The molecule has 3 rings (SSSR count). The summed E-state index contributed by atoms with van der Waals surface area (Å²) >= 11 is 6.12. The predicted molar refractivity (Wildman–Crippen MR) is 78.8 cm³/mol. The summed E-state index contributed by atoms with van der Waals surface area (Å²) in [5.41, 5.74) is 0.428. The highest BCUT2D eigenvalue weighted by molar-refractivity contribution is 7.86. The number of Topliss-reactive ketones (excluding diaryl/α,β-unsaturated/α-hetero) is 1. The number of H-pyrrole nitrogens is 1. The van der Waals surface area contributed by atoms with Gasteiger partial charge in [-0.3, -0.25) is 9.00 Å². The number of ketones is 1. The molecule has 0 unspecified atom stereocenters. The first kappa shape index (κ1) is 14.2. The summed E-state index contributed by atoms with van der Waals surface area (Å²) in [6.45, 7) is 0.888. The van der Waals surface area contributed by atoms with Crippen LogP contribution in [0.4, 0.5) is 0 Å². The Morgan fingerprint density at radius 3 is 2.67 bits per heavy atom. The Bertz CT molecular complexity index is 699. The van der Waals surface area contributed by atoms with E-state index in [0.717, 1.165) is 0 Å². The average Bonchev–Trinajstić information content (AvgIpc) is 3.00. The fourth-order valence-electron chi connectivity index (χ4n) is 2.00. The minimum atomic E-state index is -1.54. The monoisotopic (exact) mass is 325 g/mol. The normalized spacial score (nSPS) is 14.7. The Morgan fingerprint density at radius 2 is 2.00 bits per heavy atom. The quantitative estimate of drug-likeness (QED) is 0.877. The lowest BCUT2D eigenvalue weighted by atomic mass is 10.3. The van der Waals surface area contributed by atoms with Crippen LogP contribution in [-0.4, -0.2) is 33.9 Å². The number of hydrogen-bond acceptors (Lipinski definition) is 4. The van der Waals surface area contributed by atoms with Crippen molar-refractivity contribution in [3.05, 3.63) is 41.2 Å². The van der Waals surface area contributed by atoms with E-state index in [0.29, 0.717) is 40.3 Å². The highest BCUT2D eigenvalue weighted by Gasteiger charge is 2.20. The van der Waals surface area contributed by atoms with Crippen molar-refractivity contribution >= 4 is 28.2 Å². The van der Waals surface area contributed by atoms with Gasteiger partial charge in [0.1, 0.15) is 13.2 Å². The van der Waals surface area contributed by atoms with Crippen LogP contribution in [0.25, 0.3) is 0 Å². The number of carbonyl (C=O) groups excluding carboxylic acids is 1. The van der Waals surface area contributed by atoms with Gasteiger partial charge in [0.25, 0.3) is 0 Å². The largest absolute Gasteiger partial charge is 0.486 e. The van der Waals surface area contributed by atoms with Gasteiger partial charge in [0, 0.05) is 18.3 Å². The first-order chi connectivity index (χ1) is 10.1. The van der Waals surface area contributed by atoms with Crippen molar-refractivity contribution in [3.8, 4) is 11.5 Å². The van der Waals surface area contributed by atoms with Gasteiger partial charge in [-0.2, -0.15) is 0 Å². The molecule has 0 aliphatic carbocycles. The van der Waals surface area contributed by atoms with E-state index in [1.54, 1.807) is 30.5 Å². The maximum Gasteiger partial charge on any atom is 0.191 e. The van der Waals surface area contributed by atoms with Gasteiger partial charge < -0.3 is 14.5 Å². The van der Waals surface area contributed by atoms with Crippen LogP contribution in [0, 0.1) is 0 Å². The molecule has 1 aliphatic rings. The Hall–Kier alpha value is -1.79. The molecule has 21 heavy (non-hydrogen) atoms. The standard InChI is InChI=1S/C14H12ClNO4S/c15-9-6-12-13(20-5-4-19-12)7-14(9)21(18)8-11(17)10-2-1-3-16-10/h1-3,6-7,16H,4-5,8H2/t21-/m0/s1. The molecule has 7 heteroatoms. The molecular weight excluding hydrogens is 314 g/mol. The lowest BCUT2D eigenvalue weighted by molar-refractivity contribution is 0.101. The van der Waals surface area contributed by atoms with Crippen molar-refractivity contribution in [1.82, 2.24) is 4.98 Å². The molecule has 2 heterocycles. The molecule has 1 N–H and O–H groups in total. The number of rotatable bonds is 4. The molecule has 2 aromatic rings. The molecule has 5 nitrogen and oxygen atoms in total. The summed E-state index contributed by atoms with van der Waals surface area (Å²) < 4.78 is 23.2. The third-order valence-electron chi connectivity index (χ3n) is 3.00. The Balaban J connectivity index is 1.83.